The van der Waals surface area contributed by atoms with Crippen LogP contribution in [0.1, 0.15) is 17.3 Å². The van der Waals surface area contributed by atoms with E-state index in [-0.39, 0.29) is 31.0 Å². The number of rotatable bonds is 4. The van der Waals surface area contributed by atoms with E-state index < -0.39 is 11.9 Å². The van der Waals surface area contributed by atoms with Gasteiger partial charge < -0.3 is 14.7 Å². The van der Waals surface area contributed by atoms with Gasteiger partial charge >= 0.3 is 11.9 Å². The van der Waals surface area contributed by atoms with Crippen LogP contribution in [0.4, 0.5) is 0 Å². The van der Waals surface area contributed by atoms with E-state index in [0.717, 1.165) is 0 Å². The van der Waals surface area contributed by atoms with Crippen LogP contribution in [0.3, 0.4) is 0 Å². The molecule has 0 spiro atoms. The molecule has 1 N–H and O–H groups in total. The van der Waals surface area contributed by atoms with E-state index >= 15 is 0 Å². The normalized spacial score (nSPS) is 15.2. The fraction of sp³-hybridized carbons (Fsp3) is 0.286. The predicted octanol–water partition coefficient (Wildman–Crippen LogP) is 1.45. The number of ether oxygens (including phenoxy) is 1. The number of carbonyl (C=O) groups is 2. The first-order valence-electron chi connectivity index (χ1n) is 6.22. The molecule has 106 valence electrons. The van der Waals surface area contributed by atoms with Gasteiger partial charge in [-0.1, -0.05) is 18.2 Å². The lowest BCUT2D eigenvalue weighted by molar-refractivity contribution is -0.140. The molecule has 0 bridgehead atoms. The molecule has 0 saturated carbocycles. The van der Waals surface area contributed by atoms with Gasteiger partial charge in [0.2, 0.25) is 0 Å². The zero-order chi connectivity index (χ0) is 14.5. The number of hydrogen-bond donors (Lipinski definition) is 1. The summed E-state index contributed by atoms with van der Waals surface area (Å²) >= 11 is 0. The summed E-state index contributed by atoms with van der Waals surface area (Å²) in [4.78, 5) is 28.5. The van der Waals surface area contributed by atoms with Gasteiger partial charge in [0.15, 0.2) is 0 Å². The first-order valence-corrected chi connectivity index (χ1v) is 6.22. The first-order chi connectivity index (χ1) is 9.61. The van der Waals surface area contributed by atoms with E-state index in [9.17, 15) is 14.7 Å². The number of aliphatic hydroxyl groups is 1. The molecule has 1 aliphatic heterocycles. The summed E-state index contributed by atoms with van der Waals surface area (Å²) in [5.74, 6) is -1.27. The highest BCUT2D eigenvalue weighted by Crippen LogP contribution is 2.18. The molecule has 1 aliphatic rings. The van der Waals surface area contributed by atoms with Crippen molar-refractivity contribution in [1.29, 1.82) is 0 Å². The Bertz CT molecular complexity index is 538. The largest absolute Gasteiger partial charge is 0.510 e. The van der Waals surface area contributed by atoms with Crippen molar-refractivity contribution < 1.29 is 24.3 Å². The van der Waals surface area contributed by atoms with Gasteiger partial charge in [-0.2, -0.15) is 0 Å². The van der Waals surface area contributed by atoms with E-state index in [1.807, 2.05) is 0 Å². The van der Waals surface area contributed by atoms with E-state index in [1.54, 1.807) is 37.3 Å². The maximum atomic E-state index is 11.8. The summed E-state index contributed by atoms with van der Waals surface area (Å²) in [6, 6.07) is 8.48. The lowest BCUT2D eigenvalue weighted by Gasteiger charge is -2.14. The molecule has 1 heterocycles. The van der Waals surface area contributed by atoms with Crippen LogP contribution in [0.25, 0.3) is 0 Å². The lowest BCUT2D eigenvalue weighted by atomic mass is 10.2. The first kappa shape index (κ1) is 14.1. The van der Waals surface area contributed by atoms with Crippen LogP contribution in [0, 0.1) is 0 Å². The van der Waals surface area contributed by atoms with E-state index in [1.165, 1.54) is 5.06 Å². The van der Waals surface area contributed by atoms with Gasteiger partial charge in [0, 0.05) is 0 Å². The SMILES string of the molecule is CCOC(=O)C1=C(O)CN(OC(=O)c2ccccc2)C1. The van der Waals surface area contributed by atoms with Gasteiger partial charge in [-0.3, -0.25) is 0 Å². The molecule has 6 nitrogen and oxygen atoms in total. The number of nitrogens with zero attached hydrogens (tertiary/aromatic N) is 1. The maximum Gasteiger partial charge on any atom is 0.357 e. The smallest absolute Gasteiger partial charge is 0.357 e. The van der Waals surface area contributed by atoms with Gasteiger partial charge in [0.05, 0.1) is 30.8 Å². The molecule has 0 unspecified atom stereocenters. The summed E-state index contributed by atoms with van der Waals surface area (Å²) < 4.78 is 4.81. The highest BCUT2D eigenvalue weighted by atomic mass is 16.7. The monoisotopic (exact) mass is 277 g/mol. The van der Waals surface area contributed by atoms with Crippen molar-refractivity contribution in [1.82, 2.24) is 5.06 Å². The second-order valence-corrected chi connectivity index (χ2v) is 4.19. The Balaban J connectivity index is 1.95. The van der Waals surface area contributed by atoms with E-state index in [2.05, 4.69) is 0 Å². The molecule has 0 amide bonds. The van der Waals surface area contributed by atoms with Gasteiger partial charge in [-0.25, -0.2) is 9.59 Å². The minimum absolute atomic E-state index is 0.0171. The summed E-state index contributed by atoms with van der Waals surface area (Å²) in [5.41, 5.74) is 0.518. The molecule has 20 heavy (non-hydrogen) atoms. The number of hydroxylamine groups is 2. The third kappa shape index (κ3) is 3.16. The minimum atomic E-state index is -0.594. The number of benzene rings is 1. The average molecular weight is 277 g/mol. The van der Waals surface area contributed by atoms with Gasteiger partial charge in [0.25, 0.3) is 0 Å². The number of aliphatic hydroxyl groups excluding tert-OH is 1. The molecule has 0 aromatic heterocycles. The molecule has 0 saturated heterocycles. The highest BCUT2D eigenvalue weighted by Gasteiger charge is 2.30. The van der Waals surface area contributed by atoms with Crippen molar-refractivity contribution in [2.24, 2.45) is 0 Å². The average Bonchev–Trinajstić information content (AvgIpc) is 2.81. The zero-order valence-corrected chi connectivity index (χ0v) is 11.0. The Labute approximate surface area is 116 Å². The summed E-state index contributed by atoms with van der Waals surface area (Å²) in [5, 5.41) is 10.9. The minimum Gasteiger partial charge on any atom is -0.510 e. The van der Waals surface area contributed by atoms with E-state index in [0.29, 0.717) is 5.56 Å². The maximum absolute atomic E-state index is 11.8. The van der Waals surface area contributed by atoms with Crippen LogP contribution in [0.5, 0.6) is 0 Å². The van der Waals surface area contributed by atoms with Crippen molar-refractivity contribution in [3.63, 3.8) is 0 Å². The molecule has 0 radical (unpaired) electrons. The fourth-order valence-electron chi connectivity index (χ4n) is 1.80. The lowest BCUT2D eigenvalue weighted by Crippen LogP contribution is -2.27. The van der Waals surface area contributed by atoms with Crippen LogP contribution in [-0.4, -0.2) is 41.8 Å². The third-order valence-electron chi connectivity index (χ3n) is 2.75. The van der Waals surface area contributed by atoms with Crippen molar-refractivity contribution in [2.45, 2.75) is 6.92 Å². The molecular formula is C14H15NO5. The van der Waals surface area contributed by atoms with Crippen molar-refractivity contribution >= 4 is 11.9 Å². The standard InChI is InChI=1S/C14H15NO5/c1-2-19-14(18)11-8-15(9-12(11)16)20-13(17)10-6-4-3-5-7-10/h3-7,16H,2,8-9H2,1H3. The molecule has 1 aromatic rings. The van der Waals surface area contributed by atoms with E-state index in [4.69, 9.17) is 9.57 Å². The Morgan fingerprint density at radius 3 is 2.55 bits per heavy atom. The van der Waals surface area contributed by atoms with Gasteiger partial charge in [-0.15, -0.1) is 5.06 Å². The van der Waals surface area contributed by atoms with Crippen LogP contribution < -0.4 is 0 Å². The molecule has 0 atom stereocenters. The Hall–Kier alpha value is -2.34. The number of carbonyl (C=O) groups excluding carboxylic acids is 2. The van der Waals surface area contributed by atoms with Crippen molar-refractivity contribution in [3.8, 4) is 0 Å². The van der Waals surface area contributed by atoms with Crippen LogP contribution in [0.2, 0.25) is 0 Å². The van der Waals surface area contributed by atoms with Crippen LogP contribution in [-0.2, 0) is 14.4 Å². The summed E-state index contributed by atoms with van der Waals surface area (Å²) in [6.45, 7) is 1.90. The molecular weight excluding hydrogens is 262 g/mol. The van der Waals surface area contributed by atoms with Crippen molar-refractivity contribution in [2.75, 3.05) is 19.7 Å². The topological polar surface area (TPSA) is 76.1 Å². The highest BCUT2D eigenvalue weighted by molar-refractivity contribution is 5.91. The van der Waals surface area contributed by atoms with Crippen molar-refractivity contribution in [3.05, 3.63) is 47.2 Å². The second kappa shape index (κ2) is 6.21. The predicted molar refractivity (Wildman–Crippen MR) is 69.7 cm³/mol. The Morgan fingerprint density at radius 2 is 1.90 bits per heavy atom. The zero-order valence-electron chi connectivity index (χ0n) is 11.0. The Kier molecular flexibility index (Phi) is 4.37. The summed E-state index contributed by atoms with van der Waals surface area (Å²) in [6.07, 6.45) is 0. The number of hydrogen-bond acceptors (Lipinski definition) is 6. The molecule has 6 heteroatoms. The number of esters is 1. The fourth-order valence-corrected chi connectivity index (χ4v) is 1.80. The molecule has 1 aromatic carbocycles. The second-order valence-electron chi connectivity index (χ2n) is 4.19. The molecule has 0 aliphatic carbocycles. The van der Waals surface area contributed by atoms with Crippen LogP contribution in [0.15, 0.2) is 41.7 Å². The van der Waals surface area contributed by atoms with Crippen LogP contribution >= 0.6 is 0 Å². The third-order valence-corrected chi connectivity index (χ3v) is 2.75. The quantitative estimate of drug-likeness (QED) is 0.839. The molecule has 2 rings (SSSR count). The van der Waals surface area contributed by atoms with Gasteiger partial charge in [0.1, 0.15) is 5.76 Å². The Morgan fingerprint density at radius 1 is 1.20 bits per heavy atom. The summed E-state index contributed by atoms with van der Waals surface area (Å²) in [7, 11) is 0. The van der Waals surface area contributed by atoms with Gasteiger partial charge in [-0.05, 0) is 19.1 Å². The molecule has 0 fully saturated rings.